The van der Waals surface area contributed by atoms with E-state index in [2.05, 4.69) is 16.5 Å². The van der Waals surface area contributed by atoms with Crippen LogP contribution in [0, 0.1) is 0 Å². The minimum absolute atomic E-state index is 0.0944. The van der Waals surface area contributed by atoms with Crippen molar-refractivity contribution < 1.29 is 4.79 Å². The Bertz CT molecular complexity index is 494. The highest BCUT2D eigenvalue weighted by Gasteiger charge is 2.42. The summed E-state index contributed by atoms with van der Waals surface area (Å²) in [5, 5.41) is 4.51. The summed E-state index contributed by atoms with van der Waals surface area (Å²) in [6.07, 6.45) is 6.80. The van der Waals surface area contributed by atoms with Crippen molar-refractivity contribution in [3.8, 4) is 0 Å². The van der Waals surface area contributed by atoms with Crippen LogP contribution in [0.25, 0.3) is 0 Å². The van der Waals surface area contributed by atoms with Crippen molar-refractivity contribution in [3.05, 3.63) is 34.9 Å². The second-order valence-electron chi connectivity index (χ2n) is 5.91. The van der Waals surface area contributed by atoms with Gasteiger partial charge in [-0.15, -0.1) is 0 Å². The van der Waals surface area contributed by atoms with Crippen molar-refractivity contribution in [1.82, 2.24) is 10.2 Å². The molecule has 1 aromatic rings. The van der Waals surface area contributed by atoms with Gasteiger partial charge in [-0.3, -0.25) is 0 Å². The third-order valence-electron chi connectivity index (χ3n) is 4.61. The summed E-state index contributed by atoms with van der Waals surface area (Å²) in [6, 6.07) is 8.59. The number of piperidine rings is 1. The molecule has 2 bridgehead atoms. The van der Waals surface area contributed by atoms with Crippen molar-refractivity contribution in [2.45, 2.75) is 49.6 Å². The quantitative estimate of drug-likeness (QED) is 0.914. The summed E-state index contributed by atoms with van der Waals surface area (Å²) in [4.78, 5) is 14.6. The number of benzene rings is 1. The minimum atomic E-state index is 0.0944. The van der Waals surface area contributed by atoms with Gasteiger partial charge in [0, 0.05) is 28.9 Å². The van der Waals surface area contributed by atoms with Crippen LogP contribution in [0.15, 0.2) is 24.3 Å². The number of hydrogen-bond donors (Lipinski definition) is 1. The van der Waals surface area contributed by atoms with Gasteiger partial charge in [0.15, 0.2) is 0 Å². The van der Waals surface area contributed by atoms with E-state index in [9.17, 15) is 4.79 Å². The van der Waals surface area contributed by atoms with Gasteiger partial charge in [0.05, 0.1) is 0 Å². The molecule has 2 saturated heterocycles. The third kappa shape index (κ3) is 3.32. The number of fused-ring (bicyclic) bond motifs is 2. The highest BCUT2D eigenvalue weighted by molar-refractivity contribution is 7.99. The first-order valence-electron chi connectivity index (χ1n) is 7.51. The molecule has 114 valence electrons. The zero-order chi connectivity index (χ0) is 14.8. The molecular weight excluding hydrogens is 304 g/mol. The van der Waals surface area contributed by atoms with Crippen LogP contribution in [-0.4, -0.2) is 34.5 Å². The lowest BCUT2D eigenvalue weighted by Crippen LogP contribution is -2.51. The predicted octanol–water partition coefficient (Wildman–Crippen LogP) is 3.91. The van der Waals surface area contributed by atoms with Crippen molar-refractivity contribution >= 4 is 29.4 Å². The number of rotatable bonds is 3. The van der Waals surface area contributed by atoms with Crippen LogP contribution in [0.5, 0.6) is 0 Å². The van der Waals surface area contributed by atoms with Gasteiger partial charge in [-0.05, 0) is 49.6 Å². The average molecular weight is 325 g/mol. The zero-order valence-corrected chi connectivity index (χ0v) is 13.8. The van der Waals surface area contributed by atoms with Crippen molar-refractivity contribution in [1.29, 1.82) is 0 Å². The van der Waals surface area contributed by atoms with Crippen LogP contribution in [0.3, 0.4) is 0 Å². The van der Waals surface area contributed by atoms with Gasteiger partial charge in [-0.25, -0.2) is 4.79 Å². The van der Waals surface area contributed by atoms with Crippen molar-refractivity contribution in [2.24, 2.45) is 0 Å². The molecule has 1 unspecified atom stereocenters. The van der Waals surface area contributed by atoms with Gasteiger partial charge in [0.1, 0.15) is 0 Å². The van der Waals surface area contributed by atoms with E-state index in [0.29, 0.717) is 18.6 Å². The zero-order valence-electron chi connectivity index (χ0n) is 12.2. The van der Waals surface area contributed by atoms with E-state index >= 15 is 0 Å². The first kappa shape index (κ1) is 15.0. The fourth-order valence-electron chi connectivity index (χ4n) is 3.52. The second-order valence-corrected chi connectivity index (χ2v) is 7.48. The summed E-state index contributed by atoms with van der Waals surface area (Å²) in [7, 11) is 0. The maximum Gasteiger partial charge on any atom is 0.318 e. The summed E-state index contributed by atoms with van der Waals surface area (Å²) in [5.41, 5.74) is 1.08. The lowest BCUT2D eigenvalue weighted by Gasteiger charge is -2.38. The molecule has 2 aliphatic rings. The molecule has 5 heteroatoms. The number of thioether (sulfide) groups is 1. The molecule has 2 aliphatic heterocycles. The van der Waals surface area contributed by atoms with Crippen LogP contribution in [0.4, 0.5) is 4.79 Å². The van der Waals surface area contributed by atoms with Gasteiger partial charge in [0.25, 0.3) is 0 Å². The van der Waals surface area contributed by atoms with Gasteiger partial charge in [-0.2, -0.15) is 11.8 Å². The molecule has 0 saturated carbocycles. The Labute approximate surface area is 135 Å². The standard InChI is InChI=1S/C16H21ClN2OS/c1-21-15-8-13-6-7-14(9-15)19(13)16(20)18-10-11-2-4-12(17)5-3-11/h2-5,13-15H,6-10H2,1H3,(H,18,20)/t13-,14+,15?. The Morgan fingerprint density at radius 2 is 1.90 bits per heavy atom. The fraction of sp³-hybridized carbons (Fsp3) is 0.562. The molecule has 3 atom stereocenters. The first-order valence-corrected chi connectivity index (χ1v) is 9.17. The molecule has 0 aromatic heterocycles. The maximum absolute atomic E-state index is 12.5. The Morgan fingerprint density at radius 1 is 1.29 bits per heavy atom. The van der Waals surface area contributed by atoms with Crippen LogP contribution in [0.2, 0.25) is 5.02 Å². The molecule has 2 fully saturated rings. The molecule has 1 aromatic carbocycles. The van der Waals surface area contributed by atoms with E-state index in [1.54, 1.807) is 0 Å². The number of amides is 2. The van der Waals surface area contributed by atoms with Gasteiger partial charge in [-0.1, -0.05) is 23.7 Å². The molecule has 2 heterocycles. The first-order chi connectivity index (χ1) is 10.2. The molecule has 1 N–H and O–H groups in total. The van der Waals surface area contributed by atoms with Gasteiger partial charge >= 0.3 is 6.03 Å². The monoisotopic (exact) mass is 324 g/mol. The number of nitrogens with zero attached hydrogens (tertiary/aromatic N) is 1. The van der Waals surface area contributed by atoms with E-state index in [1.807, 2.05) is 36.0 Å². The summed E-state index contributed by atoms with van der Waals surface area (Å²) >= 11 is 7.82. The summed E-state index contributed by atoms with van der Waals surface area (Å²) in [5.74, 6) is 0. The van der Waals surface area contributed by atoms with Gasteiger partial charge in [0.2, 0.25) is 0 Å². The van der Waals surface area contributed by atoms with Crippen LogP contribution < -0.4 is 5.32 Å². The minimum Gasteiger partial charge on any atom is -0.334 e. The number of nitrogens with one attached hydrogen (secondary N) is 1. The molecule has 0 spiro atoms. The van der Waals surface area contributed by atoms with E-state index in [1.165, 1.54) is 0 Å². The van der Waals surface area contributed by atoms with Crippen LogP contribution in [-0.2, 0) is 6.54 Å². The number of carbonyl (C=O) groups is 1. The summed E-state index contributed by atoms with van der Waals surface area (Å²) < 4.78 is 0. The Hall–Kier alpha value is -0.870. The van der Waals surface area contributed by atoms with E-state index in [-0.39, 0.29) is 6.03 Å². The molecule has 21 heavy (non-hydrogen) atoms. The van der Waals surface area contributed by atoms with E-state index < -0.39 is 0 Å². The predicted molar refractivity (Wildman–Crippen MR) is 88.9 cm³/mol. The Kier molecular flexibility index (Phi) is 4.65. The SMILES string of the molecule is CSC1C[C@H]2CC[C@@H](C1)N2C(=O)NCc1ccc(Cl)cc1. The number of urea groups is 1. The average Bonchev–Trinajstić information content (AvgIpc) is 2.77. The normalized spacial score (nSPS) is 27.7. The summed E-state index contributed by atoms with van der Waals surface area (Å²) in [6.45, 7) is 0.567. The number of hydrogen-bond acceptors (Lipinski definition) is 2. The van der Waals surface area contributed by atoms with E-state index in [4.69, 9.17) is 11.6 Å². The van der Waals surface area contributed by atoms with Gasteiger partial charge < -0.3 is 10.2 Å². The van der Waals surface area contributed by atoms with Crippen LogP contribution in [0.1, 0.15) is 31.2 Å². The molecule has 2 amide bonds. The lowest BCUT2D eigenvalue weighted by atomic mass is 10.0. The topological polar surface area (TPSA) is 32.3 Å². The second kappa shape index (κ2) is 6.49. The largest absolute Gasteiger partial charge is 0.334 e. The van der Waals surface area contributed by atoms with Crippen molar-refractivity contribution in [3.63, 3.8) is 0 Å². The number of halogens is 1. The highest BCUT2D eigenvalue weighted by Crippen LogP contribution is 2.39. The Morgan fingerprint density at radius 3 is 2.48 bits per heavy atom. The fourth-order valence-corrected chi connectivity index (χ4v) is 4.48. The Balaban J connectivity index is 1.57. The molecule has 0 aliphatic carbocycles. The lowest BCUT2D eigenvalue weighted by molar-refractivity contribution is 0.149. The highest BCUT2D eigenvalue weighted by atomic mass is 35.5. The smallest absolute Gasteiger partial charge is 0.318 e. The van der Waals surface area contributed by atoms with E-state index in [0.717, 1.165) is 41.5 Å². The molecule has 0 radical (unpaired) electrons. The maximum atomic E-state index is 12.5. The van der Waals surface area contributed by atoms with Crippen LogP contribution >= 0.6 is 23.4 Å². The number of carbonyl (C=O) groups excluding carboxylic acids is 1. The van der Waals surface area contributed by atoms with Crippen molar-refractivity contribution in [2.75, 3.05) is 6.26 Å². The third-order valence-corrected chi connectivity index (χ3v) is 5.92. The molecule has 3 rings (SSSR count). The molecule has 3 nitrogen and oxygen atoms in total. The molecular formula is C16H21ClN2OS.